The minimum absolute atomic E-state index is 0.228. The number of hydrogen-bond donors (Lipinski definition) is 0. The number of rotatable bonds is 5. The molecule has 1 aliphatic rings. The first-order chi connectivity index (χ1) is 11.2. The van der Waals surface area contributed by atoms with E-state index in [1.54, 1.807) is 31.2 Å². The van der Waals surface area contributed by atoms with E-state index in [-0.39, 0.29) is 12.4 Å². The van der Waals surface area contributed by atoms with Gasteiger partial charge in [-0.1, -0.05) is 54.6 Å². The van der Waals surface area contributed by atoms with Crippen LogP contribution in [0.1, 0.15) is 34.5 Å². The molecule has 4 heteroatoms. The van der Waals surface area contributed by atoms with Gasteiger partial charge in [0.05, 0.1) is 13.2 Å². The molecule has 2 aromatic carbocycles. The molecule has 3 rings (SSSR count). The van der Waals surface area contributed by atoms with Crippen molar-refractivity contribution in [3.63, 3.8) is 0 Å². The Labute approximate surface area is 135 Å². The van der Waals surface area contributed by atoms with Gasteiger partial charge in [0.15, 0.2) is 11.7 Å². The summed E-state index contributed by atoms with van der Waals surface area (Å²) in [6.07, 6.45) is -0.599. The lowest BCUT2D eigenvalue weighted by molar-refractivity contribution is -0.151. The second-order valence-electron chi connectivity index (χ2n) is 5.39. The molecule has 0 saturated carbocycles. The quantitative estimate of drug-likeness (QED) is 0.483. The molecule has 0 aliphatic carbocycles. The molecule has 1 heterocycles. The molecular formula is C19H18O4. The average Bonchev–Trinajstić information content (AvgIpc) is 3.00. The number of carbonyl (C=O) groups excluding carboxylic acids is 2. The van der Waals surface area contributed by atoms with Crippen molar-refractivity contribution in [1.29, 1.82) is 0 Å². The fraction of sp³-hybridized carbons (Fsp3) is 0.263. The molecule has 23 heavy (non-hydrogen) atoms. The van der Waals surface area contributed by atoms with Gasteiger partial charge in [0.25, 0.3) is 0 Å². The first kappa shape index (κ1) is 15.4. The highest BCUT2D eigenvalue weighted by molar-refractivity contribution is 6.09. The highest BCUT2D eigenvalue weighted by Gasteiger charge is 2.41. The summed E-state index contributed by atoms with van der Waals surface area (Å²) in [5, 5.41) is 0. The summed E-state index contributed by atoms with van der Waals surface area (Å²) in [4.78, 5) is 25.3. The predicted molar refractivity (Wildman–Crippen MR) is 84.9 cm³/mol. The zero-order valence-electron chi connectivity index (χ0n) is 12.9. The van der Waals surface area contributed by atoms with E-state index < -0.39 is 18.0 Å². The van der Waals surface area contributed by atoms with E-state index in [0.717, 1.165) is 11.1 Å². The van der Waals surface area contributed by atoms with Crippen molar-refractivity contribution < 1.29 is 19.1 Å². The van der Waals surface area contributed by atoms with Crippen LogP contribution < -0.4 is 0 Å². The van der Waals surface area contributed by atoms with E-state index in [9.17, 15) is 9.59 Å². The number of esters is 1. The summed E-state index contributed by atoms with van der Waals surface area (Å²) in [5.41, 5.74) is 2.38. The van der Waals surface area contributed by atoms with Crippen LogP contribution in [0.15, 0.2) is 54.6 Å². The van der Waals surface area contributed by atoms with E-state index in [2.05, 4.69) is 0 Å². The summed E-state index contributed by atoms with van der Waals surface area (Å²) >= 11 is 0. The van der Waals surface area contributed by atoms with Crippen LogP contribution >= 0.6 is 0 Å². The van der Waals surface area contributed by atoms with Crippen molar-refractivity contribution >= 4 is 11.8 Å². The van der Waals surface area contributed by atoms with E-state index in [1.807, 2.05) is 30.3 Å². The normalized spacial score (nSPS) is 17.3. The molecule has 1 aliphatic heterocycles. The third-order valence-electron chi connectivity index (χ3n) is 3.96. The monoisotopic (exact) mass is 310 g/mol. The lowest BCUT2D eigenvalue weighted by atomic mass is 9.88. The Morgan fingerprint density at radius 2 is 1.83 bits per heavy atom. The maximum Gasteiger partial charge on any atom is 0.319 e. The number of hydrogen-bond acceptors (Lipinski definition) is 4. The van der Waals surface area contributed by atoms with Crippen molar-refractivity contribution in [2.24, 2.45) is 5.92 Å². The smallest absolute Gasteiger partial charge is 0.319 e. The van der Waals surface area contributed by atoms with Crippen molar-refractivity contribution in [3.05, 3.63) is 71.3 Å². The molecule has 0 aromatic heterocycles. The molecular weight excluding hydrogens is 292 g/mol. The number of carbonyl (C=O) groups is 2. The zero-order valence-corrected chi connectivity index (χ0v) is 12.9. The first-order valence-corrected chi connectivity index (χ1v) is 7.67. The lowest BCUT2D eigenvalue weighted by Gasteiger charge is -2.21. The Morgan fingerprint density at radius 1 is 1.13 bits per heavy atom. The zero-order chi connectivity index (χ0) is 16.2. The Balaban J connectivity index is 1.97. The van der Waals surface area contributed by atoms with Gasteiger partial charge in [0.1, 0.15) is 6.10 Å². The molecule has 2 unspecified atom stereocenters. The van der Waals surface area contributed by atoms with E-state index in [4.69, 9.17) is 9.47 Å². The molecule has 0 bridgehead atoms. The first-order valence-electron chi connectivity index (χ1n) is 7.67. The molecule has 118 valence electrons. The summed E-state index contributed by atoms with van der Waals surface area (Å²) in [5.74, 6) is -1.80. The Bertz CT molecular complexity index is 708. The Hall–Kier alpha value is -2.46. The van der Waals surface area contributed by atoms with Gasteiger partial charge < -0.3 is 9.47 Å². The van der Waals surface area contributed by atoms with Crippen LogP contribution in [0.3, 0.4) is 0 Å². The van der Waals surface area contributed by atoms with Gasteiger partial charge in [-0.05, 0) is 18.1 Å². The van der Waals surface area contributed by atoms with Crippen molar-refractivity contribution in [3.8, 4) is 0 Å². The highest BCUT2D eigenvalue weighted by Crippen LogP contribution is 2.38. The summed E-state index contributed by atoms with van der Waals surface area (Å²) in [6.45, 7) is 2.36. The van der Waals surface area contributed by atoms with Gasteiger partial charge in [0.2, 0.25) is 0 Å². The van der Waals surface area contributed by atoms with Crippen molar-refractivity contribution in [2.75, 3.05) is 6.61 Å². The van der Waals surface area contributed by atoms with E-state index in [0.29, 0.717) is 12.2 Å². The van der Waals surface area contributed by atoms with Gasteiger partial charge in [-0.15, -0.1) is 0 Å². The maximum absolute atomic E-state index is 12.9. The average molecular weight is 310 g/mol. The van der Waals surface area contributed by atoms with Crippen LogP contribution in [-0.2, 0) is 20.9 Å². The van der Waals surface area contributed by atoms with Crippen LogP contribution in [0, 0.1) is 5.92 Å². The summed E-state index contributed by atoms with van der Waals surface area (Å²) < 4.78 is 10.9. The SMILES string of the molecule is CCOC(=O)C(C(=O)c1ccccc1)C1OCc2ccccc21. The third-order valence-corrected chi connectivity index (χ3v) is 3.96. The number of ether oxygens (including phenoxy) is 2. The second kappa shape index (κ2) is 6.75. The van der Waals surface area contributed by atoms with Crippen molar-refractivity contribution in [2.45, 2.75) is 19.6 Å². The highest BCUT2D eigenvalue weighted by atomic mass is 16.5. The largest absolute Gasteiger partial charge is 0.465 e. The van der Waals surface area contributed by atoms with Crippen LogP contribution in [0.4, 0.5) is 0 Å². The number of benzene rings is 2. The van der Waals surface area contributed by atoms with Crippen LogP contribution in [0.5, 0.6) is 0 Å². The molecule has 0 saturated heterocycles. The third kappa shape index (κ3) is 3.03. The lowest BCUT2D eigenvalue weighted by Crippen LogP contribution is -2.32. The molecule has 4 nitrogen and oxygen atoms in total. The predicted octanol–water partition coefficient (Wildman–Crippen LogP) is 3.32. The van der Waals surface area contributed by atoms with Crippen LogP contribution in [-0.4, -0.2) is 18.4 Å². The molecule has 0 fully saturated rings. The maximum atomic E-state index is 12.9. The molecule has 0 N–H and O–H groups in total. The number of ketones is 1. The van der Waals surface area contributed by atoms with Gasteiger partial charge in [-0.25, -0.2) is 0 Å². The molecule has 2 atom stereocenters. The van der Waals surface area contributed by atoms with Gasteiger partial charge in [-0.3, -0.25) is 9.59 Å². The van der Waals surface area contributed by atoms with Crippen LogP contribution in [0.2, 0.25) is 0 Å². The minimum Gasteiger partial charge on any atom is -0.465 e. The van der Waals surface area contributed by atoms with Gasteiger partial charge >= 0.3 is 5.97 Å². The number of Topliss-reactive ketones (excluding diaryl/α,β-unsaturated/α-hetero) is 1. The van der Waals surface area contributed by atoms with Gasteiger partial charge in [0, 0.05) is 5.56 Å². The van der Waals surface area contributed by atoms with E-state index in [1.165, 1.54) is 0 Å². The minimum atomic E-state index is -0.985. The second-order valence-corrected chi connectivity index (χ2v) is 5.39. The van der Waals surface area contributed by atoms with Crippen LogP contribution in [0.25, 0.3) is 0 Å². The summed E-state index contributed by atoms with van der Waals surface area (Å²) in [7, 11) is 0. The fourth-order valence-corrected chi connectivity index (χ4v) is 2.87. The number of fused-ring (bicyclic) bond motifs is 1. The molecule has 2 aromatic rings. The molecule has 0 amide bonds. The Kier molecular flexibility index (Phi) is 4.53. The molecule has 0 spiro atoms. The topological polar surface area (TPSA) is 52.6 Å². The van der Waals surface area contributed by atoms with Crippen molar-refractivity contribution in [1.82, 2.24) is 0 Å². The molecule has 0 radical (unpaired) electrons. The van der Waals surface area contributed by atoms with E-state index >= 15 is 0 Å². The Morgan fingerprint density at radius 3 is 2.57 bits per heavy atom. The van der Waals surface area contributed by atoms with Gasteiger partial charge in [-0.2, -0.15) is 0 Å². The fourth-order valence-electron chi connectivity index (χ4n) is 2.87. The summed E-state index contributed by atoms with van der Waals surface area (Å²) in [6, 6.07) is 16.4. The standard InChI is InChI=1S/C19H18O4/c1-2-22-19(21)16(17(20)13-8-4-3-5-9-13)18-15-11-7-6-10-14(15)12-23-18/h3-11,16,18H,2,12H2,1H3.